The Bertz CT molecular complexity index is 338. The third-order valence-electron chi connectivity index (χ3n) is 2.95. The molecule has 0 spiro atoms. The molecular formula is C16H27NO3. The van der Waals surface area contributed by atoms with Crippen LogP contribution in [-0.2, 0) is 15.9 Å². The van der Waals surface area contributed by atoms with Gasteiger partial charge in [0.25, 0.3) is 0 Å². The minimum atomic E-state index is 0.254. The zero-order valence-electron chi connectivity index (χ0n) is 12.6. The van der Waals surface area contributed by atoms with Gasteiger partial charge in [-0.3, -0.25) is 0 Å². The number of methoxy groups -OCH3 is 1. The molecule has 0 radical (unpaired) electrons. The van der Waals surface area contributed by atoms with Gasteiger partial charge >= 0.3 is 0 Å². The van der Waals surface area contributed by atoms with Crippen molar-refractivity contribution in [2.45, 2.75) is 32.2 Å². The highest BCUT2D eigenvalue weighted by atomic mass is 16.5. The molecule has 0 fully saturated rings. The Balaban J connectivity index is 2.12. The Labute approximate surface area is 122 Å². The van der Waals surface area contributed by atoms with E-state index >= 15 is 0 Å². The van der Waals surface area contributed by atoms with Crippen LogP contribution in [0, 0.1) is 0 Å². The van der Waals surface area contributed by atoms with Crippen LogP contribution in [-0.4, -0.2) is 39.6 Å². The van der Waals surface area contributed by atoms with Gasteiger partial charge in [0.05, 0.1) is 19.8 Å². The van der Waals surface area contributed by atoms with Gasteiger partial charge in [-0.05, 0) is 37.5 Å². The molecule has 0 aliphatic rings. The van der Waals surface area contributed by atoms with Crippen molar-refractivity contribution in [3.63, 3.8) is 0 Å². The summed E-state index contributed by atoms with van der Waals surface area (Å²) in [5.41, 5.74) is 7.05. The molecule has 0 aliphatic carbocycles. The second kappa shape index (κ2) is 10.7. The van der Waals surface area contributed by atoms with E-state index in [-0.39, 0.29) is 6.04 Å². The summed E-state index contributed by atoms with van der Waals surface area (Å²) in [5, 5.41) is 0. The number of rotatable bonds is 11. The number of aryl methyl sites for hydroxylation is 1. The van der Waals surface area contributed by atoms with Gasteiger partial charge in [-0.15, -0.1) is 0 Å². The van der Waals surface area contributed by atoms with E-state index in [0.29, 0.717) is 26.4 Å². The summed E-state index contributed by atoms with van der Waals surface area (Å²) in [6, 6.07) is 8.49. The Morgan fingerprint density at radius 1 is 1.05 bits per heavy atom. The normalized spacial score (nSPS) is 12.3. The van der Waals surface area contributed by atoms with Crippen LogP contribution in [0.1, 0.15) is 25.3 Å². The molecule has 0 saturated carbocycles. The maximum Gasteiger partial charge on any atom is 0.119 e. The summed E-state index contributed by atoms with van der Waals surface area (Å²) in [7, 11) is 1.67. The molecule has 0 bridgehead atoms. The van der Waals surface area contributed by atoms with Crippen LogP contribution in [0.3, 0.4) is 0 Å². The first-order valence-corrected chi connectivity index (χ1v) is 7.26. The summed E-state index contributed by atoms with van der Waals surface area (Å²) < 4.78 is 15.9. The predicted octanol–water partition coefficient (Wildman–Crippen LogP) is 2.40. The van der Waals surface area contributed by atoms with E-state index in [9.17, 15) is 0 Å². The Morgan fingerprint density at radius 2 is 1.80 bits per heavy atom. The summed E-state index contributed by atoms with van der Waals surface area (Å²) in [5.74, 6) is 0.909. The standard InChI is InChI=1S/C16H27NO3/c1-14(17)4-5-15-6-8-16(9-7-15)20-11-3-10-19-13-12-18-2/h6-9,14H,3-5,10-13,17H2,1-2H3. The largest absolute Gasteiger partial charge is 0.494 e. The minimum Gasteiger partial charge on any atom is -0.494 e. The minimum absolute atomic E-state index is 0.254. The maximum absolute atomic E-state index is 5.75. The molecule has 0 aliphatic heterocycles. The van der Waals surface area contributed by atoms with Crippen LogP contribution >= 0.6 is 0 Å². The van der Waals surface area contributed by atoms with E-state index in [2.05, 4.69) is 12.1 Å². The average molecular weight is 281 g/mol. The van der Waals surface area contributed by atoms with Gasteiger partial charge in [-0.25, -0.2) is 0 Å². The van der Waals surface area contributed by atoms with Crippen LogP contribution in [0.4, 0.5) is 0 Å². The van der Waals surface area contributed by atoms with Crippen molar-refractivity contribution in [2.75, 3.05) is 33.5 Å². The molecule has 4 heteroatoms. The molecule has 1 unspecified atom stereocenters. The quantitative estimate of drug-likeness (QED) is 0.633. The lowest BCUT2D eigenvalue weighted by molar-refractivity contribution is 0.0644. The molecule has 1 aromatic rings. The molecule has 4 nitrogen and oxygen atoms in total. The Morgan fingerprint density at radius 3 is 2.45 bits per heavy atom. The lowest BCUT2D eigenvalue weighted by atomic mass is 10.1. The number of ether oxygens (including phenoxy) is 3. The predicted molar refractivity (Wildman–Crippen MR) is 81.2 cm³/mol. The van der Waals surface area contributed by atoms with Crippen LogP contribution < -0.4 is 10.5 Å². The van der Waals surface area contributed by atoms with Gasteiger partial charge in [-0.1, -0.05) is 12.1 Å². The molecule has 1 atom stereocenters. The second-order valence-electron chi connectivity index (χ2n) is 4.97. The van der Waals surface area contributed by atoms with Crippen molar-refractivity contribution in [3.8, 4) is 5.75 Å². The molecule has 0 amide bonds. The van der Waals surface area contributed by atoms with Crippen LogP contribution in [0.25, 0.3) is 0 Å². The lowest BCUT2D eigenvalue weighted by Gasteiger charge is -2.08. The van der Waals surface area contributed by atoms with Crippen molar-refractivity contribution in [1.29, 1.82) is 0 Å². The van der Waals surface area contributed by atoms with Crippen LogP contribution in [0.15, 0.2) is 24.3 Å². The van der Waals surface area contributed by atoms with E-state index in [1.165, 1.54) is 5.56 Å². The zero-order valence-corrected chi connectivity index (χ0v) is 12.6. The molecule has 1 rings (SSSR count). The van der Waals surface area contributed by atoms with Gasteiger partial charge in [0.2, 0.25) is 0 Å². The summed E-state index contributed by atoms with van der Waals surface area (Å²) in [6.45, 7) is 4.70. The van der Waals surface area contributed by atoms with Gasteiger partial charge in [0.1, 0.15) is 5.75 Å². The smallest absolute Gasteiger partial charge is 0.119 e. The van der Waals surface area contributed by atoms with E-state index in [4.69, 9.17) is 19.9 Å². The summed E-state index contributed by atoms with van der Waals surface area (Å²) in [6.07, 6.45) is 2.92. The average Bonchev–Trinajstić information content (AvgIpc) is 2.45. The van der Waals surface area contributed by atoms with Gasteiger partial charge in [-0.2, -0.15) is 0 Å². The fraction of sp³-hybridized carbons (Fsp3) is 0.625. The molecule has 114 valence electrons. The highest BCUT2D eigenvalue weighted by Gasteiger charge is 1.98. The van der Waals surface area contributed by atoms with Gasteiger partial charge in [0, 0.05) is 26.2 Å². The number of hydrogen-bond acceptors (Lipinski definition) is 4. The Hall–Kier alpha value is -1.10. The van der Waals surface area contributed by atoms with Gasteiger partial charge < -0.3 is 19.9 Å². The highest BCUT2D eigenvalue weighted by molar-refractivity contribution is 5.27. The number of benzene rings is 1. The van der Waals surface area contributed by atoms with Crippen molar-refractivity contribution in [2.24, 2.45) is 5.73 Å². The van der Waals surface area contributed by atoms with Gasteiger partial charge in [0.15, 0.2) is 0 Å². The topological polar surface area (TPSA) is 53.7 Å². The van der Waals surface area contributed by atoms with E-state index in [1.54, 1.807) is 7.11 Å². The molecule has 0 aromatic heterocycles. The number of nitrogens with two attached hydrogens (primary N) is 1. The van der Waals surface area contributed by atoms with E-state index in [0.717, 1.165) is 25.0 Å². The summed E-state index contributed by atoms with van der Waals surface area (Å²) in [4.78, 5) is 0. The molecule has 1 aromatic carbocycles. The fourth-order valence-corrected chi connectivity index (χ4v) is 1.74. The van der Waals surface area contributed by atoms with E-state index in [1.807, 2.05) is 19.1 Å². The SMILES string of the molecule is COCCOCCCOc1ccc(CCC(C)N)cc1. The molecule has 0 heterocycles. The first-order valence-electron chi connectivity index (χ1n) is 7.26. The zero-order chi connectivity index (χ0) is 14.6. The van der Waals surface area contributed by atoms with Crippen molar-refractivity contribution >= 4 is 0 Å². The monoisotopic (exact) mass is 281 g/mol. The maximum atomic E-state index is 5.75. The third-order valence-corrected chi connectivity index (χ3v) is 2.95. The summed E-state index contributed by atoms with van der Waals surface area (Å²) >= 11 is 0. The molecule has 0 saturated heterocycles. The van der Waals surface area contributed by atoms with Crippen LogP contribution in [0.5, 0.6) is 5.75 Å². The van der Waals surface area contributed by atoms with E-state index < -0.39 is 0 Å². The second-order valence-corrected chi connectivity index (χ2v) is 4.97. The van der Waals surface area contributed by atoms with Crippen LogP contribution in [0.2, 0.25) is 0 Å². The third kappa shape index (κ3) is 8.15. The highest BCUT2D eigenvalue weighted by Crippen LogP contribution is 2.14. The first kappa shape index (κ1) is 17.0. The first-order chi connectivity index (χ1) is 9.72. The lowest BCUT2D eigenvalue weighted by Crippen LogP contribution is -2.15. The number of hydrogen-bond donors (Lipinski definition) is 1. The molecule has 20 heavy (non-hydrogen) atoms. The molecule has 2 N–H and O–H groups in total. The van der Waals surface area contributed by atoms with Crippen molar-refractivity contribution in [3.05, 3.63) is 29.8 Å². The van der Waals surface area contributed by atoms with Crippen molar-refractivity contribution in [1.82, 2.24) is 0 Å². The van der Waals surface area contributed by atoms with Crippen molar-refractivity contribution < 1.29 is 14.2 Å². The fourth-order valence-electron chi connectivity index (χ4n) is 1.74. The molecular weight excluding hydrogens is 254 g/mol. The Kier molecular flexibility index (Phi) is 9.04.